The van der Waals surface area contributed by atoms with Gasteiger partial charge in [-0.15, -0.1) is 0 Å². The van der Waals surface area contributed by atoms with E-state index < -0.39 is 5.79 Å². The fraction of sp³-hybridized carbons (Fsp3) is 1.00. The van der Waals surface area contributed by atoms with Gasteiger partial charge in [-0.05, 0) is 0 Å². The zero-order valence-corrected chi connectivity index (χ0v) is 17.1. The number of ether oxygens (including phenoxy) is 1. The van der Waals surface area contributed by atoms with Gasteiger partial charge in [-0.3, -0.25) is 0 Å². The van der Waals surface area contributed by atoms with Crippen molar-refractivity contribution >= 4 is 0 Å². The van der Waals surface area contributed by atoms with E-state index in [0.717, 1.165) is 45.8 Å². The Hall–Kier alpha value is 0.434. The van der Waals surface area contributed by atoms with E-state index in [0.29, 0.717) is 0 Å². The van der Waals surface area contributed by atoms with Crippen molar-refractivity contribution in [2.24, 2.45) is 0 Å². The molecule has 0 aliphatic heterocycles. The Kier molecular flexibility index (Phi) is 15.0. The first-order valence-corrected chi connectivity index (χ1v) is 9.58. The molecule has 0 aliphatic carbocycles. The number of hydrogen-bond acceptors (Lipinski definition) is 7. The van der Waals surface area contributed by atoms with E-state index in [2.05, 4.69) is 65.0 Å². The van der Waals surface area contributed by atoms with Crippen LogP contribution in [-0.4, -0.2) is 63.9 Å². The number of likely N-dealkylation sites (N-methyl/N-ethyl adjacent to an activating group) is 3. The zero-order chi connectivity index (χ0) is 17.6. The van der Waals surface area contributed by atoms with Crippen molar-refractivity contribution in [2.75, 3.05) is 45.8 Å². The fourth-order valence-electron chi connectivity index (χ4n) is 2.45. The van der Waals surface area contributed by atoms with E-state index in [1.807, 2.05) is 20.7 Å². The molecule has 1 atom stereocenters. The van der Waals surface area contributed by atoms with Crippen LogP contribution in [0.5, 0.6) is 0 Å². The van der Waals surface area contributed by atoms with Gasteiger partial charge in [-0.25, -0.2) is 0 Å². The van der Waals surface area contributed by atoms with E-state index in [4.69, 9.17) is 4.74 Å². The predicted molar refractivity (Wildman–Crippen MR) is 92.6 cm³/mol. The Bertz CT molecular complexity index is 253. The molecule has 0 saturated carbocycles. The van der Waals surface area contributed by atoms with Gasteiger partial charge < -0.3 is 0 Å². The summed E-state index contributed by atoms with van der Waals surface area (Å²) in [7, 11) is 0. The molecule has 0 amide bonds. The average Bonchev–Trinajstić information content (AvgIpc) is 2.50. The van der Waals surface area contributed by atoms with Gasteiger partial charge >= 0.3 is 154 Å². The normalized spacial score (nSPS) is 13.6. The van der Waals surface area contributed by atoms with E-state index >= 15 is 0 Å². The van der Waals surface area contributed by atoms with Gasteiger partial charge in [0, 0.05) is 0 Å². The molecule has 7 nitrogen and oxygen atoms in total. The van der Waals surface area contributed by atoms with Crippen molar-refractivity contribution in [2.45, 2.75) is 52.7 Å². The van der Waals surface area contributed by atoms with Gasteiger partial charge in [-0.1, -0.05) is 0 Å². The Morgan fingerprint density at radius 1 is 0.870 bits per heavy atom. The SMILES string of the molecule is CCNC(NCC)(NCC)C(NCCNCC[NH][Ti])OC(C)C. The summed E-state index contributed by atoms with van der Waals surface area (Å²) in [5.41, 5.74) is 0. The van der Waals surface area contributed by atoms with Gasteiger partial charge in [0.1, 0.15) is 0 Å². The summed E-state index contributed by atoms with van der Waals surface area (Å²) in [6, 6.07) is 0. The van der Waals surface area contributed by atoms with Crippen molar-refractivity contribution in [1.82, 2.24) is 30.4 Å². The summed E-state index contributed by atoms with van der Waals surface area (Å²) in [4.78, 5) is 0. The van der Waals surface area contributed by atoms with E-state index in [-0.39, 0.29) is 12.3 Å². The molecule has 0 aliphatic rings. The molecule has 0 heterocycles. The molecule has 0 saturated heterocycles. The molecule has 137 valence electrons. The minimum atomic E-state index is -0.479. The minimum absolute atomic E-state index is 0.139. The van der Waals surface area contributed by atoms with Crippen LogP contribution in [0.4, 0.5) is 0 Å². The van der Waals surface area contributed by atoms with Crippen LogP contribution >= 0.6 is 0 Å². The third-order valence-electron chi connectivity index (χ3n) is 3.23. The van der Waals surface area contributed by atoms with Crippen LogP contribution in [0.15, 0.2) is 0 Å². The summed E-state index contributed by atoms with van der Waals surface area (Å²) in [6.07, 6.45) is -0.0338. The first-order chi connectivity index (χ1) is 11.1. The number of nitrogens with one attached hydrogen (secondary N) is 6. The number of rotatable bonds is 16. The Balaban J connectivity index is 4.76. The molecule has 0 aromatic carbocycles. The summed E-state index contributed by atoms with van der Waals surface area (Å²) in [5.74, 6) is -0.479. The molecule has 1 unspecified atom stereocenters. The molecular formula is C15H37N6OTi. The Morgan fingerprint density at radius 2 is 1.39 bits per heavy atom. The monoisotopic (exact) mass is 365 g/mol. The summed E-state index contributed by atoms with van der Waals surface area (Å²) < 4.78 is 9.29. The summed E-state index contributed by atoms with van der Waals surface area (Å²) in [5, 5.41) is 17.5. The third-order valence-corrected chi connectivity index (χ3v) is 3.62. The maximum absolute atomic E-state index is 6.16. The average molecular weight is 365 g/mol. The molecule has 0 aromatic heterocycles. The van der Waals surface area contributed by atoms with Crippen molar-refractivity contribution in [3.8, 4) is 0 Å². The van der Waals surface area contributed by atoms with Gasteiger partial charge in [0.25, 0.3) is 0 Å². The van der Waals surface area contributed by atoms with Crippen LogP contribution in [0.25, 0.3) is 0 Å². The first-order valence-electron chi connectivity index (χ1n) is 8.80. The predicted octanol–water partition coefficient (Wildman–Crippen LogP) is -0.550. The third kappa shape index (κ3) is 10.1. The second kappa shape index (κ2) is 14.8. The van der Waals surface area contributed by atoms with Crippen LogP contribution in [0.1, 0.15) is 34.6 Å². The van der Waals surface area contributed by atoms with Crippen molar-refractivity contribution in [3.05, 3.63) is 0 Å². The molecule has 0 spiro atoms. The van der Waals surface area contributed by atoms with Gasteiger partial charge in [-0.2, -0.15) is 0 Å². The molecule has 6 N–H and O–H groups in total. The van der Waals surface area contributed by atoms with Gasteiger partial charge in [0.15, 0.2) is 0 Å². The summed E-state index contributed by atoms with van der Waals surface area (Å²) in [6.45, 7) is 16.7. The molecule has 0 aromatic rings. The quantitative estimate of drug-likeness (QED) is 0.124. The topological polar surface area (TPSA) is 81.4 Å². The van der Waals surface area contributed by atoms with Crippen molar-refractivity contribution in [3.63, 3.8) is 0 Å². The molecule has 0 bridgehead atoms. The van der Waals surface area contributed by atoms with Crippen molar-refractivity contribution < 1.29 is 25.4 Å². The van der Waals surface area contributed by atoms with Crippen LogP contribution < -0.4 is 30.4 Å². The van der Waals surface area contributed by atoms with Crippen LogP contribution in [0.3, 0.4) is 0 Å². The van der Waals surface area contributed by atoms with E-state index in [1.165, 1.54) is 0 Å². The first kappa shape index (κ1) is 23.4. The molecular weight excluding hydrogens is 328 g/mol. The fourth-order valence-corrected chi connectivity index (χ4v) is 2.64. The Labute approximate surface area is 154 Å². The van der Waals surface area contributed by atoms with Crippen LogP contribution in [0.2, 0.25) is 0 Å². The molecule has 8 heteroatoms. The van der Waals surface area contributed by atoms with Crippen molar-refractivity contribution in [1.29, 1.82) is 0 Å². The molecule has 23 heavy (non-hydrogen) atoms. The van der Waals surface area contributed by atoms with Gasteiger partial charge in [0.05, 0.1) is 0 Å². The summed E-state index contributed by atoms with van der Waals surface area (Å²) >= 11 is 1.96. The van der Waals surface area contributed by atoms with Crippen LogP contribution in [0, 0.1) is 0 Å². The van der Waals surface area contributed by atoms with E-state index in [9.17, 15) is 0 Å². The molecule has 0 radical (unpaired) electrons. The maximum atomic E-state index is 6.16. The van der Waals surface area contributed by atoms with Crippen LogP contribution in [-0.2, 0) is 25.4 Å². The Morgan fingerprint density at radius 3 is 1.83 bits per heavy atom. The standard InChI is InChI=1S/C15H37N6O.Ti/c1-6-19-15(20-7-2,21-8-3)14(22-13(4)5)18-12-11-17-10-9-16;/h13-14,16-21H,6-12H2,1-5H3;/q-1;+1. The second-order valence-electron chi connectivity index (χ2n) is 5.59. The number of hydrogen-bond donors (Lipinski definition) is 6. The van der Waals surface area contributed by atoms with E-state index in [1.54, 1.807) is 0 Å². The molecule has 0 fully saturated rings. The zero-order valence-electron chi connectivity index (χ0n) is 15.5. The molecule has 0 rings (SSSR count). The second-order valence-corrected chi connectivity index (χ2v) is 6.15. The van der Waals surface area contributed by atoms with Gasteiger partial charge in [0.2, 0.25) is 0 Å².